The number of hydrogen-bond acceptors (Lipinski definition) is 3. The summed E-state index contributed by atoms with van der Waals surface area (Å²) in [7, 11) is 0. The van der Waals surface area contributed by atoms with Gasteiger partial charge in [-0.1, -0.05) is 19.1 Å². The summed E-state index contributed by atoms with van der Waals surface area (Å²) in [6, 6.07) is 5.59. The van der Waals surface area contributed by atoms with E-state index in [1.54, 1.807) is 12.1 Å². The molecule has 0 bridgehead atoms. The van der Waals surface area contributed by atoms with Crippen molar-refractivity contribution in [2.75, 3.05) is 0 Å². The van der Waals surface area contributed by atoms with Crippen molar-refractivity contribution in [1.82, 2.24) is 5.32 Å². The molecular weight excluding hydrogens is 234 g/mol. The Hall–Kier alpha value is -1.88. The van der Waals surface area contributed by atoms with Crippen molar-refractivity contribution in [2.45, 2.75) is 32.4 Å². The van der Waals surface area contributed by atoms with Gasteiger partial charge < -0.3 is 15.5 Å². The van der Waals surface area contributed by atoms with Gasteiger partial charge in [-0.2, -0.15) is 0 Å². The van der Waals surface area contributed by atoms with Gasteiger partial charge in [0.25, 0.3) is 5.91 Å². The number of aliphatic hydroxyl groups is 1. The zero-order valence-electron chi connectivity index (χ0n) is 10.4. The molecule has 2 atom stereocenters. The molecule has 0 fully saturated rings. The van der Waals surface area contributed by atoms with E-state index in [9.17, 15) is 14.7 Å². The molecule has 18 heavy (non-hydrogen) atoms. The van der Waals surface area contributed by atoms with Crippen LogP contribution in [0.25, 0.3) is 0 Å². The number of aliphatic hydroxyl groups excluding tert-OH is 1. The van der Waals surface area contributed by atoms with E-state index >= 15 is 0 Å². The lowest BCUT2D eigenvalue weighted by atomic mass is 10.1. The third kappa shape index (κ3) is 3.56. The Labute approximate surface area is 105 Å². The highest BCUT2D eigenvalue weighted by Crippen LogP contribution is 2.06. The molecule has 0 spiro atoms. The highest BCUT2D eigenvalue weighted by molar-refractivity contribution is 5.96. The molecule has 0 radical (unpaired) electrons. The van der Waals surface area contributed by atoms with Crippen molar-refractivity contribution in [3.05, 3.63) is 35.4 Å². The average molecular weight is 251 g/mol. The lowest BCUT2D eigenvalue weighted by Gasteiger charge is -2.17. The number of carboxylic acids is 1. The summed E-state index contributed by atoms with van der Waals surface area (Å²) in [5.41, 5.74) is 1.47. The number of rotatable bonds is 5. The van der Waals surface area contributed by atoms with Gasteiger partial charge in [0.1, 0.15) is 0 Å². The van der Waals surface area contributed by atoms with Crippen LogP contribution in [0.1, 0.15) is 29.8 Å². The van der Waals surface area contributed by atoms with Crippen LogP contribution in [0.5, 0.6) is 0 Å². The smallest absolute Gasteiger partial charge is 0.328 e. The first-order chi connectivity index (χ1) is 8.45. The van der Waals surface area contributed by atoms with Gasteiger partial charge in [-0.15, -0.1) is 0 Å². The molecule has 3 N–H and O–H groups in total. The fourth-order valence-electron chi connectivity index (χ4n) is 1.51. The summed E-state index contributed by atoms with van der Waals surface area (Å²) in [5, 5.41) is 20.4. The minimum atomic E-state index is -1.30. The monoisotopic (exact) mass is 251 g/mol. The lowest BCUT2D eigenvalue weighted by Crippen LogP contribution is -2.47. The third-order valence-electron chi connectivity index (χ3n) is 2.66. The van der Waals surface area contributed by atoms with Gasteiger partial charge in [-0.25, -0.2) is 4.79 Å². The maximum atomic E-state index is 11.8. The van der Waals surface area contributed by atoms with Gasteiger partial charge in [0.05, 0.1) is 6.10 Å². The summed E-state index contributed by atoms with van der Waals surface area (Å²) in [6.45, 7) is 3.32. The van der Waals surface area contributed by atoms with Crippen molar-refractivity contribution in [3.63, 3.8) is 0 Å². The third-order valence-corrected chi connectivity index (χ3v) is 2.66. The number of carbonyl (C=O) groups is 2. The summed E-state index contributed by atoms with van der Waals surface area (Å²) in [6.07, 6.45) is -0.283. The second-order valence-corrected chi connectivity index (χ2v) is 4.08. The maximum absolute atomic E-state index is 11.8. The van der Waals surface area contributed by atoms with E-state index in [0.29, 0.717) is 5.56 Å². The van der Waals surface area contributed by atoms with Gasteiger partial charge in [0, 0.05) is 5.56 Å². The fraction of sp³-hybridized carbons (Fsp3) is 0.385. The molecule has 0 aliphatic carbocycles. The van der Waals surface area contributed by atoms with Crippen molar-refractivity contribution in [3.8, 4) is 0 Å². The highest BCUT2D eigenvalue weighted by Gasteiger charge is 2.25. The summed E-state index contributed by atoms with van der Waals surface area (Å²) in [4.78, 5) is 22.6. The van der Waals surface area contributed by atoms with Crippen LogP contribution in [-0.2, 0) is 11.2 Å². The molecule has 0 heterocycles. The Morgan fingerprint density at radius 2 is 1.83 bits per heavy atom. The second-order valence-electron chi connectivity index (χ2n) is 4.08. The van der Waals surface area contributed by atoms with E-state index in [1.165, 1.54) is 6.92 Å². The molecule has 0 saturated heterocycles. The standard InChI is InChI=1S/C13H17NO4/c1-3-9-4-6-10(7-5-9)12(16)14-11(8(2)15)13(17)18/h4-8,11,15H,3H2,1-2H3,(H,14,16)(H,17,18). The highest BCUT2D eigenvalue weighted by atomic mass is 16.4. The fourth-order valence-corrected chi connectivity index (χ4v) is 1.51. The van der Waals surface area contributed by atoms with Crippen LogP contribution in [0, 0.1) is 0 Å². The van der Waals surface area contributed by atoms with E-state index < -0.39 is 24.0 Å². The number of carboxylic acid groups (broad SMARTS) is 1. The van der Waals surface area contributed by atoms with E-state index in [4.69, 9.17) is 5.11 Å². The molecule has 1 rings (SSSR count). The first kappa shape index (κ1) is 14.2. The predicted octanol–water partition coefficient (Wildman–Crippen LogP) is 0.813. The Morgan fingerprint density at radius 1 is 1.28 bits per heavy atom. The van der Waals surface area contributed by atoms with Crippen molar-refractivity contribution in [1.29, 1.82) is 0 Å². The minimum absolute atomic E-state index is 0.374. The Balaban J connectivity index is 2.77. The van der Waals surface area contributed by atoms with Gasteiger partial charge in [0.15, 0.2) is 6.04 Å². The van der Waals surface area contributed by atoms with Crippen molar-refractivity contribution in [2.24, 2.45) is 0 Å². The molecule has 5 heteroatoms. The summed E-state index contributed by atoms with van der Waals surface area (Å²) < 4.78 is 0. The van der Waals surface area contributed by atoms with Crippen LogP contribution < -0.4 is 5.32 Å². The number of aryl methyl sites for hydroxylation is 1. The number of nitrogens with one attached hydrogen (secondary N) is 1. The van der Waals surface area contributed by atoms with Crippen LogP contribution in [0.3, 0.4) is 0 Å². The Morgan fingerprint density at radius 3 is 2.22 bits per heavy atom. The van der Waals surface area contributed by atoms with Gasteiger partial charge >= 0.3 is 5.97 Å². The number of amides is 1. The topological polar surface area (TPSA) is 86.6 Å². The largest absolute Gasteiger partial charge is 0.480 e. The number of benzene rings is 1. The van der Waals surface area contributed by atoms with E-state index in [-0.39, 0.29) is 0 Å². The second kappa shape index (κ2) is 6.16. The van der Waals surface area contributed by atoms with Crippen molar-refractivity contribution < 1.29 is 19.8 Å². The average Bonchev–Trinajstić information content (AvgIpc) is 2.35. The Bertz CT molecular complexity index is 425. The zero-order valence-corrected chi connectivity index (χ0v) is 10.4. The van der Waals surface area contributed by atoms with Crippen LogP contribution in [0.4, 0.5) is 0 Å². The molecule has 0 aliphatic rings. The van der Waals surface area contributed by atoms with Gasteiger partial charge in [0.2, 0.25) is 0 Å². The molecule has 1 amide bonds. The minimum Gasteiger partial charge on any atom is -0.480 e. The SMILES string of the molecule is CCc1ccc(C(=O)NC(C(=O)O)C(C)O)cc1. The normalized spacial score (nSPS) is 13.7. The first-order valence-corrected chi connectivity index (χ1v) is 5.76. The molecule has 0 aliphatic heterocycles. The molecule has 1 aromatic carbocycles. The molecule has 98 valence electrons. The maximum Gasteiger partial charge on any atom is 0.328 e. The first-order valence-electron chi connectivity index (χ1n) is 5.76. The quantitative estimate of drug-likeness (QED) is 0.723. The van der Waals surface area contributed by atoms with Gasteiger partial charge in [-0.3, -0.25) is 4.79 Å². The molecule has 2 unspecified atom stereocenters. The van der Waals surface area contributed by atoms with Crippen molar-refractivity contribution >= 4 is 11.9 Å². The van der Waals surface area contributed by atoms with E-state index in [1.807, 2.05) is 19.1 Å². The molecular formula is C13H17NO4. The molecule has 0 saturated carbocycles. The van der Waals surface area contributed by atoms with Crippen LogP contribution in [0.2, 0.25) is 0 Å². The lowest BCUT2D eigenvalue weighted by molar-refractivity contribution is -0.141. The van der Waals surface area contributed by atoms with Gasteiger partial charge in [-0.05, 0) is 31.0 Å². The predicted molar refractivity (Wildman–Crippen MR) is 66.4 cm³/mol. The van der Waals surface area contributed by atoms with E-state index in [2.05, 4.69) is 5.32 Å². The summed E-state index contributed by atoms with van der Waals surface area (Å²) in [5.74, 6) is -1.77. The number of hydrogen-bond donors (Lipinski definition) is 3. The Kier molecular flexibility index (Phi) is 4.85. The van der Waals surface area contributed by atoms with Crippen LogP contribution in [-0.4, -0.2) is 34.2 Å². The molecule has 1 aromatic rings. The number of carbonyl (C=O) groups excluding carboxylic acids is 1. The van der Waals surface area contributed by atoms with E-state index in [0.717, 1.165) is 12.0 Å². The molecule has 0 aromatic heterocycles. The van der Waals surface area contributed by atoms with Crippen LogP contribution >= 0.6 is 0 Å². The zero-order chi connectivity index (χ0) is 13.7. The summed E-state index contributed by atoms with van der Waals surface area (Å²) >= 11 is 0. The number of aliphatic carboxylic acids is 1. The van der Waals surface area contributed by atoms with Crippen LogP contribution in [0.15, 0.2) is 24.3 Å². The molecule has 5 nitrogen and oxygen atoms in total.